The first-order valence-corrected chi connectivity index (χ1v) is 14.4. The first-order chi connectivity index (χ1) is 16.4. The van der Waals surface area contributed by atoms with Gasteiger partial charge in [-0.15, -0.1) is 0 Å². The van der Waals surface area contributed by atoms with E-state index in [0.29, 0.717) is 18.7 Å². The normalized spacial score (nSPS) is 26.0. The smallest absolute Gasteiger partial charge is 0.302 e. The first-order valence-electron chi connectivity index (χ1n) is 11.9. The number of carbonyl (C=O) groups is 2. The third-order valence-electron chi connectivity index (χ3n) is 6.48. The molecule has 0 aromatic heterocycles. The number of allylic oxidation sites excluding steroid dienone is 1. The maximum absolute atomic E-state index is 13.3. The van der Waals surface area contributed by atoms with Crippen molar-refractivity contribution in [3.05, 3.63) is 35.4 Å². The van der Waals surface area contributed by atoms with Crippen molar-refractivity contribution in [3.8, 4) is 11.5 Å². The topological polar surface area (TPSA) is 85.2 Å². The average molecular weight is 506 g/mol. The molecule has 34 heavy (non-hydrogen) atoms. The lowest BCUT2D eigenvalue weighted by molar-refractivity contribution is -0.151. The van der Waals surface area contributed by atoms with Gasteiger partial charge in [0.15, 0.2) is 11.5 Å². The van der Waals surface area contributed by atoms with Crippen LogP contribution in [0.1, 0.15) is 57.4 Å². The molecule has 0 aliphatic carbocycles. The summed E-state index contributed by atoms with van der Waals surface area (Å²) in [7, 11) is 5.10. The number of esters is 1. The number of hydrogen-bond donors (Lipinski definition) is 1. The van der Waals surface area contributed by atoms with Crippen LogP contribution in [-0.2, 0) is 14.3 Å². The average Bonchev–Trinajstić information content (AvgIpc) is 3.33. The number of benzene rings is 1. The van der Waals surface area contributed by atoms with Crippen LogP contribution in [0.25, 0.3) is 0 Å². The van der Waals surface area contributed by atoms with Crippen LogP contribution in [0.15, 0.2) is 34.8 Å². The van der Waals surface area contributed by atoms with E-state index in [9.17, 15) is 14.7 Å². The molecule has 6 nitrogen and oxygen atoms in total. The number of phenolic OH excluding ortho intramolecular Hbond substituents is 1. The van der Waals surface area contributed by atoms with Gasteiger partial charge in [-0.25, -0.2) is 0 Å². The molecule has 0 spiro atoms. The van der Waals surface area contributed by atoms with E-state index in [-0.39, 0.29) is 41.7 Å². The van der Waals surface area contributed by atoms with E-state index in [0.717, 1.165) is 36.3 Å². The van der Waals surface area contributed by atoms with Gasteiger partial charge in [0.2, 0.25) is 0 Å². The number of Topliss-reactive ketones (excluding diaryl/α,β-unsaturated/α-hetero) is 1. The zero-order valence-corrected chi connectivity index (χ0v) is 21.8. The number of phenols is 1. The minimum atomic E-state index is -0.449. The summed E-state index contributed by atoms with van der Waals surface area (Å²) < 4.78 is 11.1. The Morgan fingerprint density at radius 1 is 1.24 bits per heavy atom. The third-order valence-corrected chi connectivity index (χ3v) is 9.00. The predicted octanol–water partition coefficient (Wildman–Crippen LogP) is 5.59. The van der Waals surface area contributed by atoms with Crippen molar-refractivity contribution >= 4 is 39.6 Å². The number of nitrogens with zero attached hydrogens (tertiary/aromatic N) is 1. The maximum atomic E-state index is 13.3. The third kappa shape index (κ3) is 7.28. The van der Waals surface area contributed by atoms with Gasteiger partial charge in [-0.3, -0.25) is 14.6 Å². The van der Waals surface area contributed by atoms with Crippen molar-refractivity contribution in [1.82, 2.24) is 0 Å². The lowest BCUT2D eigenvalue weighted by Gasteiger charge is -2.33. The van der Waals surface area contributed by atoms with Crippen LogP contribution in [-0.4, -0.2) is 54.3 Å². The second-order valence-electron chi connectivity index (χ2n) is 8.90. The summed E-state index contributed by atoms with van der Waals surface area (Å²) in [5.41, 5.74) is 2.15. The highest BCUT2D eigenvalue weighted by Gasteiger charge is 2.36. The van der Waals surface area contributed by atoms with E-state index in [4.69, 9.17) is 9.47 Å². The van der Waals surface area contributed by atoms with Gasteiger partial charge in [-0.2, -0.15) is 0 Å². The Hall–Kier alpha value is -1.93. The summed E-state index contributed by atoms with van der Waals surface area (Å²) in [6.07, 6.45) is 7.20. The predicted molar refractivity (Wildman–Crippen MR) is 140 cm³/mol. The Morgan fingerprint density at radius 3 is 2.71 bits per heavy atom. The van der Waals surface area contributed by atoms with Crippen LogP contribution in [0.4, 0.5) is 0 Å². The molecular formula is C26H35NO5S2. The molecule has 2 aliphatic rings. The molecule has 0 radical (unpaired) electrons. The minimum absolute atomic E-state index is 0.0182. The maximum Gasteiger partial charge on any atom is 0.302 e. The summed E-state index contributed by atoms with van der Waals surface area (Å²) in [5, 5.41) is 9.99. The van der Waals surface area contributed by atoms with Crippen molar-refractivity contribution < 1.29 is 24.2 Å². The van der Waals surface area contributed by atoms with E-state index >= 15 is 0 Å². The highest BCUT2D eigenvalue weighted by molar-refractivity contribution is 8.76. The molecule has 1 saturated heterocycles. The molecule has 3 rings (SSSR count). The monoisotopic (exact) mass is 505 g/mol. The molecule has 186 valence electrons. The van der Waals surface area contributed by atoms with Gasteiger partial charge in [0.25, 0.3) is 0 Å². The number of carbonyl (C=O) groups excluding carboxylic acids is 2. The number of unbranched alkanes of at least 4 members (excludes halogenated alkanes) is 1. The molecule has 4 atom stereocenters. The summed E-state index contributed by atoms with van der Waals surface area (Å²) in [6.45, 7) is 4.27. The van der Waals surface area contributed by atoms with Crippen LogP contribution < -0.4 is 4.74 Å². The second-order valence-corrected chi connectivity index (χ2v) is 11.5. The molecule has 1 aromatic rings. The molecule has 1 fully saturated rings. The van der Waals surface area contributed by atoms with Crippen molar-refractivity contribution in [1.29, 1.82) is 0 Å². The molecule has 1 aromatic carbocycles. The fraction of sp³-hybridized carbons (Fsp3) is 0.577. The number of hydrogen-bond acceptors (Lipinski definition) is 8. The van der Waals surface area contributed by atoms with E-state index < -0.39 is 6.10 Å². The Labute approximate surface area is 210 Å². The Morgan fingerprint density at radius 2 is 2.03 bits per heavy atom. The molecule has 2 heterocycles. The molecule has 2 aliphatic heterocycles. The van der Waals surface area contributed by atoms with Gasteiger partial charge in [0.05, 0.1) is 13.7 Å². The van der Waals surface area contributed by atoms with Crippen LogP contribution in [0.3, 0.4) is 0 Å². The molecule has 4 unspecified atom stereocenters. The molecule has 0 saturated carbocycles. The number of ether oxygens (including phenoxy) is 2. The summed E-state index contributed by atoms with van der Waals surface area (Å²) >= 11 is 0. The highest BCUT2D eigenvalue weighted by Crippen LogP contribution is 2.41. The van der Waals surface area contributed by atoms with Crippen molar-refractivity contribution in [2.24, 2.45) is 16.8 Å². The van der Waals surface area contributed by atoms with E-state index in [1.807, 2.05) is 29.1 Å². The number of aliphatic imine (C=N–C) groups is 1. The number of rotatable bonds is 7. The zero-order valence-electron chi connectivity index (χ0n) is 20.2. The van der Waals surface area contributed by atoms with Gasteiger partial charge in [-0.1, -0.05) is 53.5 Å². The zero-order chi connectivity index (χ0) is 24.5. The summed E-state index contributed by atoms with van der Waals surface area (Å²) in [4.78, 5) is 29.8. The van der Waals surface area contributed by atoms with Gasteiger partial charge in [0, 0.05) is 55.2 Å². The fourth-order valence-electron chi connectivity index (χ4n) is 4.72. The molecule has 0 amide bonds. The molecule has 0 bridgehead atoms. The van der Waals surface area contributed by atoms with E-state index in [2.05, 4.69) is 18.0 Å². The van der Waals surface area contributed by atoms with E-state index in [1.165, 1.54) is 19.6 Å². The van der Waals surface area contributed by atoms with Crippen LogP contribution in [0, 0.1) is 11.8 Å². The Kier molecular flexibility index (Phi) is 10.4. The summed E-state index contributed by atoms with van der Waals surface area (Å²) in [5.74, 6) is 2.10. The van der Waals surface area contributed by atoms with Crippen LogP contribution >= 0.6 is 21.6 Å². The molecule has 8 heteroatoms. The fourth-order valence-corrected chi connectivity index (χ4v) is 7.48. The van der Waals surface area contributed by atoms with E-state index in [1.54, 1.807) is 16.9 Å². The highest BCUT2D eigenvalue weighted by atomic mass is 33.1. The number of methoxy groups -OCH3 is 1. The SMILES string of the molecule is CCCCC1C(OC(C)=O)CC(=O)CC(c2ccc(O)c(OC)c2)CSSCC1C1=CCN=C1. The molecule has 1 N–H and O–H groups in total. The largest absolute Gasteiger partial charge is 0.504 e. The van der Waals surface area contributed by atoms with Gasteiger partial charge >= 0.3 is 5.97 Å². The van der Waals surface area contributed by atoms with Gasteiger partial charge < -0.3 is 14.6 Å². The quantitative estimate of drug-likeness (QED) is 0.382. The van der Waals surface area contributed by atoms with Crippen LogP contribution in [0.5, 0.6) is 11.5 Å². The summed E-state index contributed by atoms with van der Waals surface area (Å²) in [6, 6.07) is 5.29. The Bertz CT molecular complexity index is 916. The van der Waals surface area contributed by atoms with Crippen LogP contribution in [0.2, 0.25) is 0 Å². The van der Waals surface area contributed by atoms with Gasteiger partial charge in [0.1, 0.15) is 11.9 Å². The lowest BCUT2D eigenvalue weighted by atomic mass is 9.78. The molecular weight excluding hydrogens is 470 g/mol. The number of ketones is 1. The first kappa shape index (κ1) is 26.7. The van der Waals surface area contributed by atoms with Gasteiger partial charge in [-0.05, 0) is 29.7 Å². The lowest BCUT2D eigenvalue weighted by Crippen LogP contribution is -2.36. The minimum Gasteiger partial charge on any atom is -0.504 e. The number of aromatic hydroxyl groups is 1. The second kappa shape index (κ2) is 13.2. The van der Waals surface area contributed by atoms with Crippen molar-refractivity contribution in [3.63, 3.8) is 0 Å². The van der Waals surface area contributed by atoms with Crippen molar-refractivity contribution in [2.45, 2.75) is 58.0 Å². The Balaban J connectivity index is 1.91. The van der Waals surface area contributed by atoms with Crippen molar-refractivity contribution in [2.75, 3.05) is 25.2 Å². The standard InChI is InChI=1S/C26H35NO5S2/c1-4-5-6-22-23(19-9-10-27-14-19)16-34-33-15-20(11-21(29)13-25(22)32-17(2)28)18-7-8-24(30)26(12-18)31-3/h7-9,12,14,20,22-23,25,30H,4-6,10-11,13,15-16H2,1-3H3.